The van der Waals surface area contributed by atoms with E-state index in [0.717, 1.165) is 5.56 Å². The van der Waals surface area contributed by atoms with E-state index in [1.807, 2.05) is 29.2 Å². The Morgan fingerprint density at radius 1 is 1.03 bits per heavy atom. The maximum absolute atomic E-state index is 14.1. The normalized spacial score (nSPS) is 13.8. The van der Waals surface area contributed by atoms with E-state index in [9.17, 15) is 18.0 Å². The molecule has 1 aliphatic heterocycles. The van der Waals surface area contributed by atoms with Crippen LogP contribution in [-0.2, 0) is 19.3 Å². The van der Waals surface area contributed by atoms with E-state index in [-0.39, 0.29) is 30.0 Å². The average Bonchev–Trinajstić information content (AvgIpc) is 2.86. The number of halogens is 4. The fourth-order valence-corrected chi connectivity index (χ4v) is 4.45. The molecule has 0 bridgehead atoms. The van der Waals surface area contributed by atoms with E-state index in [4.69, 9.17) is 18.6 Å². The topological polar surface area (TPSA) is 61.1 Å². The Kier molecular flexibility index (Phi) is 6.40. The Bertz CT molecular complexity index is 1500. The molecule has 1 aromatic heterocycles. The van der Waals surface area contributed by atoms with Crippen molar-refractivity contribution in [1.29, 1.82) is 0 Å². The fourth-order valence-electron chi connectivity index (χ4n) is 4.09. The molecular weight excluding hydrogens is 543 g/mol. The highest BCUT2D eigenvalue weighted by atomic mass is 79.9. The van der Waals surface area contributed by atoms with Crippen LogP contribution in [0.1, 0.15) is 16.9 Å². The molecule has 0 spiro atoms. The van der Waals surface area contributed by atoms with E-state index in [2.05, 4.69) is 15.9 Å². The van der Waals surface area contributed by atoms with E-state index >= 15 is 0 Å². The molecule has 2 heterocycles. The predicted octanol–water partition coefficient (Wildman–Crippen LogP) is 6.73. The molecule has 36 heavy (non-hydrogen) atoms. The fraction of sp³-hybridized carbons (Fsp3) is 0.192. The third-order valence-electron chi connectivity index (χ3n) is 5.76. The van der Waals surface area contributed by atoms with Crippen molar-refractivity contribution in [2.24, 2.45) is 0 Å². The van der Waals surface area contributed by atoms with Crippen LogP contribution in [0, 0.1) is 0 Å². The molecule has 3 aromatic carbocycles. The Morgan fingerprint density at radius 3 is 2.47 bits per heavy atom. The molecule has 0 radical (unpaired) electrons. The van der Waals surface area contributed by atoms with Crippen LogP contribution in [0.5, 0.6) is 23.0 Å². The molecule has 0 saturated heterocycles. The minimum atomic E-state index is -4.97. The summed E-state index contributed by atoms with van der Waals surface area (Å²) in [4.78, 5) is 15.2. The number of para-hydroxylation sites is 2. The van der Waals surface area contributed by atoms with Gasteiger partial charge in [0.05, 0.1) is 22.5 Å². The van der Waals surface area contributed by atoms with Gasteiger partial charge in [-0.3, -0.25) is 9.69 Å². The van der Waals surface area contributed by atoms with Crippen LogP contribution in [0.4, 0.5) is 13.2 Å². The Balaban J connectivity index is 1.60. The van der Waals surface area contributed by atoms with E-state index in [1.54, 1.807) is 31.4 Å². The highest BCUT2D eigenvalue weighted by Gasteiger charge is 2.41. The van der Waals surface area contributed by atoms with Gasteiger partial charge in [-0.05, 0) is 46.3 Å². The zero-order chi connectivity index (χ0) is 25.4. The van der Waals surface area contributed by atoms with Crippen molar-refractivity contribution in [3.05, 3.63) is 92.2 Å². The second kappa shape index (κ2) is 9.51. The van der Waals surface area contributed by atoms with Gasteiger partial charge in [0.15, 0.2) is 0 Å². The summed E-state index contributed by atoms with van der Waals surface area (Å²) in [5.41, 5.74) is 0.121. The minimum Gasteiger partial charge on any atom is -0.496 e. The van der Waals surface area contributed by atoms with Crippen LogP contribution in [0.25, 0.3) is 11.0 Å². The molecule has 0 saturated carbocycles. The number of alkyl halides is 3. The van der Waals surface area contributed by atoms with Gasteiger partial charge in [-0.2, -0.15) is 13.2 Å². The summed E-state index contributed by atoms with van der Waals surface area (Å²) in [5.74, 6) is -1.34. The molecule has 0 amide bonds. The Labute approximate surface area is 211 Å². The first-order valence-corrected chi connectivity index (χ1v) is 11.6. The van der Waals surface area contributed by atoms with Gasteiger partial charge in [-0.15, -0.1) is 0 Å². The van der Waals surface area contributed by atoms with Gasteiger partial charge in [0.25, 0.3) is 5.76 Å². The lowest BCUT2D eigenvalue weighted by Gasteiger charge is -2.29. The van der Waals surface area contributed by atoms with E-state index < -0.39 is 23.1 Å². The number of ether oxygens (including phenoxy) is 3. The van der Waals surface area contributed by atoms with Gasteiger partial charge < -0.3 is 18.6 Å². The van der Waals surface area contributed by atoms with Crippen molar-refractivity contribution in [2.75, 3.05) is 13.8 Å². The van der Waals surface area contributed by atoms with Gasteiger partial charge in [-0.25, -0.2) is 0 Å². The molecule has 6 nitrogen and oxygen atoms in total. The van der Waals surface area contributed by atoms with Crippen molar-refractivity contribution >= 4 is 26.9 Å². The number of fused-ring (bicyclic) bond motifs is 3. The van der Waals surface area contributed by atoms with Crippen LogP contribution in [0.3, 0.4) is 0 Å². The second-order valence-corrected chi connectivity index (χ2v) is 8.97. The third-order valence-corrected chi connectivity index (χ3v) is 6.41. The van der Waals surface area contributed by atoms with E-state index in [1.165, 1.54) is 12.1 Å². The third kappa shape index (κ3) is 4.54. The number of hydrogen-bond donors (Lipinski definition) is 0. The maximum Gasteiger partial charge on any atom is 0.453 e. The van der Waals surface area contributed by atoms with Gasteiger partial charge in [-0.1, -0.05) is 30.3 Å². The first-order valence-electron chi connectivity index (χ1n) is 10.9. The molecule has 0 atom stereocenters. The minimum absolute atomic E-state index is 0.0356. The lowest BCUT2D eigenvalue weighted by Crippen LogP contribution is -2.32. The SMILES string of the molecule is COc1ccccc1CN1COc2ccc3c(=O)c(Oc4ccccc4Br)c(C(F)(F)F)oc3c2C1. The van der Waals surface area contributed by atoms with Gasteiger partial charge in [0.2, 0.25) is 11.2 Å². The van der Waals surface area contributed by atoms with Crippen molar-refractivity contribution < 1.29 is 31.8 Å². The van der Waals surface area contributed by atoms with Crippen molar-refractivity contribution in [2.45, 2.75) is 19.3 Å². The van der Waals surface area contributed by atoms with E-state index in [0.29, 0.717) is 28.1 Å². The highest BCUT2D eigenvalue weighted by Crippen LogP contribution is 2.42. The molecule has 10 heteroatoms. The zero-order valence-corrected chi connectivity index (χ0v) is 20.5. The number of nitrogens with zero attached hydrogens (tertiary/aromatic N) is 1. The van der Waals surface area contributed by atoms with Crippen molar-refractivity contribution in [1.82, 2.24) is 4.90 Å². The van der Waals surface area contributed by atoms with Gasteiger partial charge >= 0.3 is 6.18 Å². The average molecular weight is 562 g/mol. The summed E-state index contributed by atoms with van der Waals surface area (Å²) in [7, 11) is 1.56. The number of benzene rings is 3. The summed E-state index contributed by atoms with van der Waals surface area (Å²) in [6.07, 6.45) is -4.97. The molecular formula is C26H19BrF3NO5. The number of hydrogen-bond acceptors (Lipinski definition) is 6. The molecule has 0 fully saturated rings. The maximum atomic E-state index is 14.1. The van der Waals surface area contributed by atoms with Crippen LogP contribution in [-0.4, -0.2) is 18.7 Å². The number of rotatable bonds is 5. The lowest BCUT2D eigenvalue weighted by atomic mass is 10.1. The quantitative estimate of drug-likeness (QED) is 0.269. The van der Waals surface area contributed by atoms with Gasteiger partial charge in [0, 0.05) is 18.7 Å². The van der Waals surface area contributed by atoms with Crippen molar-refractivity contribution in [3.63, 3.8) is 0 Å². The van der Waals surface area contributed by atoms with Crippen LogP contribution in [0.2, 0.25) is 0 Å². The summed E-state index contributed by atoms with van der Waals surface area (Å²) in [5, 5.41) is -0.0356. The smallest absolute Gasteiger partial charge is 0.453 e. The second-order valence-electron chi connectivity index (χ2n) is 8.11. The van der Waals surface area contributed by atoms with Gasteiger partial charge in [0.1, 0.15) is 29.6 Å². The van der Waals surface area contributed by atoms with Crippen molar-refractivity contribution in [3.8, 4) is 23.0 Å². The highest BCUT2D eigenvalue weighted by molar-refractivity contribution is 9.10. The molecule has 1 aliphatic rings. The molecule has 5 rings (SSSR count). The van der Waals surface area contributed by atoms with Crippen LogP contribution in [0.15, 0.2) is 74.3 Å². The molecule has 0 N–H and O–H groups in total. The summed E-state index contributed by atoms with van der Waals surface area (Å²) in [6.45, 7) is 0.824. The first-order chi connectivity index (χ1) is 17.3. The monoisotopic (exact) mass is 561 g/mol. The summed E-state index contributed by atoms with van der Waals surface area (Å²) in [6, 6.07) is 16.7. The molecule has 0 unspecified atom stereocenters. The Morgan fingerprint density at radius 2 is 1.75 bits per heavy atom. The summed E-state index contributed by atoms with van der Waals surface area (Å²) >= 11 is 3.23. The number of methoxy groups -OCH3 is 1. The molecule has 0 aliphatic carbocycles. The molecule has 4 aromatic rings. The first kappa shape index (κ1) is 24.2. The zero-order valence-electron chi connectivity index (χ0n) is 18.9. The molecule has 186 valence electrons. The summed E-state index contributed by atoms with van der Waals surface area (Å²) < 4.78 is 64.6. The van der Waals surface area contributed by atoms with Crippen LogP contribution >= 0.6 is 15.9 Å². The Hall–Kier alpha value is -3.50. The standard InChI is InChI=1S/C26H19BrF3NO5/c1-33-19-8-4-2-6-15(19)12-31-13-17-20(34-14-31)11-10-16-22(32)24(25(26(28,29)30)36-23(16)17)35-21-9-5-3-7-18(21)27/h2-11H,12-14H2,1H3. The lowest BCUT2D eigenvalue weighted by molar-refractivity contribution is -0.154. The largest absolute Gasteiger partial charge is 0.496 e. The predicted molar refractivity (Wildman–Crippen MR) is 129 cm³/mol. The van der Waals surface area contributed by atoms with Crippen LogP contribution < -0.4 is 19.6 Å².